The van der Waals surface area contributed by atoms with Crippen molar-refractivity contribution < 1.29 is 14.0 Å². The van der Waals surface area contributed by atoms with Crippen LogP contribution < -0.4 is 5.32 Å². The number of benzene rings is 2. The van der Waals surface area contributed by atoms with Gasteiger partial charge in [0.05, 0.1) is 11.8 Å². The zero-order chi connectivity index (χ0) is 15.4. The molecule has 1 aromatic heterocycles. The lowest BCUT2D eigenvalue weighted by molar-refractivity contribution is 0.102. The van der Waals surface area contributed by atoms with Crippen molar-refractivity contribution in [2.45, 2.75) is 0 Å². The van der Waals surface area contributed by atoms with E-state index in [4.69, 9.17) is 4.42 Å². The average molecular weight is 291 g/mol. The summed E-state index contributed by atoms with van der Waals surface area (Å²) >= 11 is 0. The number of anilines is 1. The molecule has 0 saturated heterocycles. The molecule has 3 rings (SSSR count). The van der Waals surface area contributed by atoms with E-state index in [1.54, 1.807) is 42.5 Å². The molecule has 3 aromatic rings. The van der Waals surface area contributed by atoms with Crippen molar-refractivity contribution in [3.8, 4) is 0 Å². The van der Waals surface area contributed by atoms with Gasteiger partial charge in [-0.2, -0.15) is 0 Å². The molecule has 4 heteroatoms. The van der Waals surface area contributed by atoms with Crippen LogP contribution >= 0.6 is 0 Å². The van der Waals surface area contributed by atoms with Gasteiger partial charge in [-0.1, -0.05) is 30.3 Å². The molecule has 0 radical (unpaired) electrons. The van der Waals surface area contributed by atoms with Crippen LogP contribution in [0.4, 0.5) is 5.69 Å². The average Bonchev–Trinajstić information content (AvgIpc) is 3.10. The first-order chi connectivity index (χ1) is 10.7. The Bertz CT molecular complexity index is 775. The lowest BCUT2D eigenvalue weighted by atomic mass is 10.0. The van der Waals surface area contributed by atoms with Gasteiger partial charge in [0.2, 0.25) is 0 Å². The standard InChI is InChI=1S/C18H13NO3/c20-17(13-4-2-1-3-5-13)14-6-8-16(9-7-14)19-18(21)15-10-11-22-12-15/h1-12H,(H,19,21). The van der Waals surface area contributed by atoms with Crippen molar-refractivity contribution >= 4 is 17.4 Å². The topological polar surface area (TPSA) is 59.3 Å². The van der Waals surface area contributed by atoms with Gasteiger partial charge in [-0.15, -0.1) is 0 Å². The van der Waals surface area contributed by atoms with Crippen LogP contribution in [0.5, 0.6) is 0 Å². The third-order valence-corrected chi connectivity index (χ3v) is 3.22. The van der Waals surface area contributed by atoms with Gasteiger partial charge in [0.25, 0.3) is 5.91 Å². The molecule has 0 aliphatic carbocycles. The summed E-state index contributed by atoms with van der Waals surface area (Å²) in [6.07, 6.45) is 2.82. The Morgan fingerprint density at radius 2 is 1.45 bits per heavy atom. The fourth-order valence-corrected chi connectivity index (χ4v) is 2.06. The van der Waals surface area contributed by atoms with Gasteiger partial charge in [0, 0.05) is 16.8 Å². The quantitative estimate of drug-likeness (QED) is 0.744. The summed E-state index contributed by atoms with van der Waals surface area (Å²) in [6, 6.07) is 17.4. The Kier molecular flexibility index (Phi) is 3.83. The lowest BCUT2D eigenvalue weighted by Crippen LogP contribution is -2.11. The van der Waals surface area contributed by atoms with E-state index < -0.39 is 0 Å². The molecule has 2 aromatic carbocycles. The minimum Gasteiger partial charge on any atom is -0.472 e. The van der Waals surface area contributed by atoms with Gasteiger partial charge in [-0.05, 0) is 30.3 Å². The van der Waals surface area contributed by atoms with Crippen LogP contribution in [0.25, 0.3) is 0 Å². The minimum absolute atomic E-state index is 0.0479. The second kappa shape index (κ2) is 6.10. The van der Waals surface area contributed by atoms with E-state index in [2.05, 4.69) is 5.32 Å². The number of nitrogens with one attached hydrogen (secondary N) is 1. The maximum absolute atomic E-state index is 12.3. The first kappa shape index (κ1) is 13.8. The molecule has 1 heterocycles. The lowest BCUT2D eigenvalue weighted by Gasteiger charge is -2.05. The predicted octanol–water partition coefficient (Wildman–Crippen LogP) is 3.76. The van der Waals surface area contributed by atoms with Crippen molar-refractivity contribution in [1.29, 1.82) is 0 Å². The number of amides is 1. The summed E-state index contributed by atoms with van der Waals surface area (Å²) in [7, 11) is 0. The summed E-state index contributed by atoms with van der Waals surface area (Å²) in [5.41, 5.74) is 2.28. The fraction of sp³-hybridized carbons (Fsp3) is 0. The van der Waals surface area contributed by atoms with Crippen LogP contribution in [-0.2, 0) is 0 Å². The van der Waals surface area contributed by atoms with E-state index in [-0.39, 0.29) is 11.7 Å². The molecule has 4 nitrogen and oxygen atoms in total. The molecule has 108 valence electrons. The zero-order valence-electron chi connectivity index (χ0n) is 11.7. The van der Waals surface area contributed by atoms with Gasteiger partial charge in [0.15, 0.2) is 5.78 Å². The summed E-state index contributed by atoms with van der Waals surface area (Å²) in [5, 5.41) is 2.74. The van der Waals surface area contributed by atoms with E-state index in [0.29, 0.717) is 22.4 Å². The van der Waals surface area contributed by atoms with E-state index >= 15 is 0 Å². The summed E-state index contributed by atoms with van der Waals surface area (Å²) in [6.45, 7) is 0. The minimum atomic E-state index is -0.254. The number of carbonyl (C=O) groups is 2. The molecule has 0 atom stereocenters. The Labute approximate surface area is 127 Å². The molecule has 1 N–H and O–H groups in total. The SMILES string of the molecule is O=C(Nc1ccc(C(=O)c2ccccc2)cc1)c1ccoc1. The highest BCUT2D eigenvalue weighted by Crippen LogP contribution is 2.15. The van der Waals surface area contributed by atoms with Crippen LogP contribution in [0.15, 0.2) is 77.6 Å². The van der Waals surface area contributed by atoms with Gasteiger partial charge in [-0.25, -0.2) is 0 Å². The van der Waals surface area contributed by atoms with Crippen molar-refractivity contribution in [2.24, 2.45) is 0 Å². The second-order valence-corrected chi connectivity index (χ2v) is 4.74. The number of carbonyl (C=O) groups excluding carboxylic acids is 2. The van der Waals surface area contributed by atoms with Crippen molar-refractivity contribution in [2.75, 3.05) is 5.32 Å². The first-order valence-corrected chi connectivity index (χ1v) is 6.77. The summed E-state index contributed by atoms with van der Waals surface area (Å²) in [4.78, 5) is 24.1. The normalized spacial score (nSPS) is 10.2. The highest BCUT2D eigenvalue weighted by atomic mass is 16.3. The maximum Gasteiger partial charge on any atom is 0.258 e. The highest BCUT2D eigenvalue weighted by molar-refractivity contribution is 6.09. The summed E-state index contributed by atoms with van der Waals surface area (Å²) < 4.78 is 4.87. The van der Waals surface area contributed by atoms with Crippen LogP contribution in [0.1, 0.15) is 26.3 Å². The molecule has 0 bridgehead atoms. The molecule has 22 heavy (non-hydrogen) atoms. The number of rotatable bonds is 4. The third kappa shape index (κ3) is 2.96. The Balaban J connectivity index is 1.73. The molecule has 1 amide bonds. The molecule has 0 fully saturated rings. The molecule has 0 saturated carbocycles. The van der Waals surface area contributed by atoms with Gasteiger partial charge >= 0.3 is 0 Å². The highest BCUT2D eigenvalue weighted by Gasteiger charge is 2.10. The van der Waals surface area contributed by atoms with Gasteiger partial charge in [-0.3, -0.25) is 9.59 Å². The first-order valence-electron chi connectivity index (χ1n) is 6.77. The molecular weight excluding hydrogens is 278 g/mol. The van der Waals surface area contributed by atoms with Crippen LogP contribution in [0.2, 0.25) is 0 Å². The number of ketones is 1. The second-order valence-electron chi connectivity index (χ2n) is 4.74. The van der Waals surface area contributed by atoms with E-state index in [1.807, 2.05) is 18.2 Å². The number of hydrogen-bond acceptors (Lipinski definition) is 3. The van der Waals surface area contributed by atoms with Gasteiger partial charge in [0.1, 0.15) is 6.26 Å². The Morgan fingerprint density at radius 3 is 2.09 bits per heavy atom. The van der Waals surface area contributed by atoms with E-state index in [0.717, 1.165) is 0 Å². The summed E-state index contributed by atoms with van der Waals surface area (Å²) in [5.74, 6) is -0.302. The number of hydrogen-bond donors (Lipinski definition) is 1. The fourth-order valence-electron chi connectivity index (χ4n) is 2.06. The molecule has 0 aliphatic rings. The monoisotopic (exact) mass is 291 g/mol. The number of furan rings is 1. The predicted molar refractivity (Wildman–Crippen MR) is 83.0 cm³/mol. The molecular formula is C18H13NO3. The van der Waals surface area contributed by atoms with Crippen molar-refractivity contribution in [3.05, 3.63) is 89.9 Å². The molecule has 0 aliphatic heterocycles. The Morgan fingerprint density at radius 1 is 0.773 bits per heavy atom. The van der Waals surface area contributed by atoms with E-state index in [9.17, 15) is 9.59 Å². The molecule has 0 unspecified atom stereocenters. The van der Waals surface area contributed by atoms with Crippen molar-refractivity contribution in [3.63, 3.8) is 0 Å². The van der Waals surface area contributed by atoms with Crippen LogP contribution in [0.3, 0.4) is 0 Å². The van der Waals surface area contributed by atoms with Crippen LogP contribution in [-0.4, -0.2) is 11.7 Å². The van der Waals surface area contributed by atoms with Crippen molar-refractivity contribution in [1.82, 2.24) is 0 Å². The smallest absolute Gasteiger partial charge is 0.258 e. The largest absolute Gasteiger partial charge is 0.472 e. The van der Waals surface area contributed by atoms with E-state index in [1.165, 1.54) is 12.5 Å². The third-order valence-electron chi connectivity index (χ3n) is 3.22. The Hall–Kier alpha value is -3.14. The zero-order valence-corrected chi connectivity index (χ0v) is 11.7. The molecule has 0 spiro atoms. The maximum atomic E-state index is 12.3. The van der Waals surface area contributed by atoms with Crippen LogP contribution in [0, 0.1) is 0 Å². The van der Waals surface area contributed by atoms with Gasteiger partial charge < -0.3 is 9.73 Å².